The normalized spacial score (nSPS) is 23.4. The van der Waals surface area contributed by atoms with E-state index in [1.54, 1.807) is 0 Å². The van der Waals surface area contributed by atoms with E-state index < -0.39 is 0 Å². The highest BCUT2D eigenvalue weighted by atomic mass is 16.7. The van der Waals surface area contributed by atoms with Crippen molar-refractivity contribution < 1.29 is 14.3 Å². The second kappa shape index (κ2) is 6.03. The van der Waals surface area contributed by atoms with Gasteiger partial charge < -0.3 is 20.1 Å². The Morgan fingerprint density at radius 1 is 1.38 bits per heavy atom. The van der Waals surface area contributed by atoms with Crippen LogP contribution in [0.4, 0.5) is 10.5 Å². The van der Waals surface area contributed by atoms with Gasteiger partial charge in [0.2, 0.25) is 0 Å². The third-order valence-corrected chi connectivity index (χ3v) is 4.05. The van der Waals surface area contributed by atoms with Gasteiger partial charge in [-0.25, -0.2) is 4.79 Å². The lowest BCUT2D eigenvalue weighted by molar-refractivity contribution is -0.160. The van der Waals surface area contributed by atoms with Crippen molar-refractivity contribution in [1.29, 1.82) is 0 Å². The number of aryl methyl sites for hydroxylation is 1. The molecule has 5 nitrogen and oxygen atoms in total. The number of ether oxygens (including phenoxy) is 2. The summed E-state index contributed by atoms with van der Waals surface area (Å²) in [6.45, 7) is 3.03. The molecule has 0 unspecified atom stereocenters. The Labute approximate surface area is 125 Å². The highest BCUT2D eigenvalue weighted by molar-refractivity contribution is 5.89. The molecule has 1 saturated carbocycles. The van der Waals surface area contributed by atoms with Crippen LogP contribution in [0.25, 0.3) is 0 Å². The first-order chi connectivity index (χ1) is 10.2. The molecule has 2 amide bonds. The largest absolute Gasteiger partial charge is 0.347 e. The van der Waals surface area contributed by atoms with Gasteiger partial charge in [-0.1, -0.05) is 12.1 Å². The van der Waals surface area contributed by atoms with Crippen LogP contribution in [0.2, 0.25) is 0 Å². The predicted molar refractivity (Wildman–Crippen MR) is 80.2 cm³/mol. The van der Waals surface area contributed by atoms with Gasteiger partial charge in [0.05, 0.1) is 6.61 Å². The number of hydrogen-bond acceptors (Lipinski definition) is 3. The number of rotatable bonds is 3. The number of benzene rings is 1. The molecule has 2 fully saturated rings. The Hall–Kier alpha value is -1.59. The minimum atomic E-state index is -0.362. The summed E-state index contributed by atoms with van der Waals surface area (Å²) in [5, 5.41) is 5.67. The van der Waals surface area contributed by atoms with E-state index in [4.69, 9.17) is 9.47 Å². The Morgan fingerprint density at radius 2 is 2.19 bits per heavy atom. The zero-order valence-electron chi connectivity index (χ0n) is 12.4. The number of hydrogen-bond donors (Lipinski definition) is 2. The Morgan fingerprint density at radius 3 is 2.95 bits per heavy atom. The molecule has 1 heterocycles. The smallest absolute Gasteiger partial charge is 0.319 e. The Bertz CT molecular complexity index is 512. The van der Waals surface area contributed by atoms with Gasteiger partial charge in [-0.3, -0.25) is 0 Å². The molecule has 1 aromatic carbocycles. The monoisotopic (exact) mass is 290 g/mol. The van der Waals surface area contributed by atoms with E-state index in [0.717, 1.165) is 36.9 Å². The van der Waals surface area contributed by atoms with Crippen LogP contribution in [-0.4, -0.2) is 31.1 Å². The van der Waals surface area contributed by atoms with Crippen molar-refractivity contribution >= 4 is 11.7 Å². The van der Waals surface area contributed by atoms with Gasteiger partial charge in [0.25, 0.3) is 0 Å². The van der Waals surface area contributed by atoms with Crippen molar-refractivity contribution in [2.24, 2.45) is 0 Å². The number of carbonyl (C=O) groups is 1. The van der Waals surface area contributed by atoms with E-state index in [1.807, 2.05) is 31.2 Å². The van der Waals surface area contributed by atoms with E-state index >= 15 is 0 Å². The molecule has 1 saturated heterocycles. The van der Waals surface area contributed by atoms with E-state index in [-0.39, 0.29) is 17.9 Å². The van der Waals surface area contributed by atoms with Gasteiger partial charge in [-0.05, 0) is 37.5 Å². The van der Waals surface area contributed by atoms with Gasteiger partial charge in [-0.2, -0.15) is 0 Å². The Balaban J connectivity index is 1.44. The lowest BCUT2D eigenvalue weighted by atomic mass is 10.2. The Kier molecular flexibility index (Phi) is 4.12. The number of amides is 2. The van der Waals surface area contributed by atoms with Crippen LogP contribution in [0, 0.1) is 6.92 Å². The van der Waals surface area contributed by atoms with Gasteiger partial charge >= 0.3 is 6.03 Å². The van der Waals surface area contributed by atoms with Gasteiger partial charge in [-0.15, -0.1) is 0 Å². The minimum Gasteiger partial charge on any atom is -0.347 e. The van der Waals surface area contributed by atoms with Crippen LogP contribution < -0.4 is 10.6 Å². The highest BCUT2D eigenvalue weighted by Crippen LogP contribution is 2.38. The SMILES string of the molecule is Cc1cccc(NC(=O)NC[C@H]2COC3(CCCC3)O2)c1. The maximum atomic E-state index is 11.9. The van der Waals surface area contributed by atoms with Crippen molar-refractivity contribution in [3.63, 3.8) is 0 Å². The summed E-state index contributed by atoms with van der Waals surface area (Å²) in [6, 6.07) is 7.50. The summed E-state index contributed by atoms with van der Waals surface area (Å²) >= 11 is 0. The van der Waals surface area contributed by atoms with E-state index in [9.17, 15) is 4.79 Å². The van der Waals surface area contributed by atoms with Crippen molar-refractivity contribution in [3.8, 4) is 0 Å². The molecular weight excluding hydrogens is 268 g/mol. The fourth-order valence-corrected chi connectivity index (χ4v) is 3.00. The maximum Gasteiger partial charge on any atom is 0.319 e. The lowest BCUT2D eigenvalue weighted by Gasteiger charge is -2.22. The van der Waals surface area contributed by atoms with E-state index in [1.165, 1.54) is 0 Å². The molecular formula is C16H22N2O3. The van der Waals surface area contributed by atoms with Crippen molar-refractivity contribution in [2.45, 2.75) is 44.5 Å². The quantitative estimate of drug-likeness (QED) is 0.900. The molecule has 114 valence electrons. The van der Waals surface area contributed by atoms with Crippen LogP contribution in [0.1, 0.15) is 31.2 Å². The third kappa shape index (κ3) is 3.54. The van der Waals surface area contributed by atoms with Gasteiger partial charge in [0.15, 0.2) is 5.79 Å². The number of carbonyl (C=O) groups excluding carboxylic acids is 1. The first-order valence-corrected chi connectivity index (χ1v) is 7.59. The molecule has 0 aromatic heterocycles. The second-order valence-corrected chi connectivity index (χ2v) is 5.87. The molecule has 1 aliphatic carbocycles. The fraction of sp³-hybridized carbons (Fsp3) is 0.562. The fourth-order valence-electron chi connectivity index (χ4n) is 3.00. The molecule has 0 radical (unpaired) electrons. The summed E-state index contributed by atoms with van der Waals surface area (Å²) in [4.78, 5) is 11.9. The van der Waals surface area contributed by atoms with Gasteiger partial charge in [0.1, 0.15) is 6.10 Å². The predicted octanol–water partition coefficient (Wildman–Crippen LogP) is 2.80. The molecule has 21 heavy (non-hydrogen) atoms. The average molecular weight is 290 g/mol. The topological polar surface area (TPSA) is 59.6 Å². The number of anilines is 1. The van der Waals surface area contributed by atoms with Crippen molar-refractivity contribution in [3.05, 3.63) is 29.8 Å². The standard InChI is InChI=1S/C16H22N2O3/c1-12-5-4-6-13(9-12)18-15(19)17-10-14-11-20-16(21-14)7-2-3-8-16/h4-6,9,14H,2-3,7-8,10-11H2,1H3,(H2,17,18,19)/t14-/m0/s1. The first kappa shape index (κ1) is 14.4. The van der Waals surface area contributed by atoms with Crippen LogP contribution >= 0.6 is 0 Å². The maximum absolute atomic E-state index is 11.9. The zero-order valence-corrected chi connectivity index (χ0v) is 12.4. The molecule has 0 bridgehead atoms. The molecule has 2 aliphatic rings. The molecule has 3 rings (SSSR count). The van der Waals surface area contributed by atoms with Gasteiger partial charge in [0, 0.05) is 25.1 Å². The van der Waals surface area contributed by atoms with E-state index in [0.29, 0.717) is 13.2 Å². The van der Waals surface area contributed by atoms with Crippen LogP contribution in [-0.2, 0) is 9.47 Å². The average Bonchev–Trinajstić information content (AvgIpc) is 3.07. The third-order valence-electron chi connectivity index (χ3n) is 4.05. The minimum absolute atomic E-state index is 0.0497. The van der Waals surface area contributed by atoms with E-state index in [2.05, 4.69) is 10.6 Å². The van der Waals surface area contributed by atoms with Crippen LogP contribution in [0.3, 0.4) is 0 Å². The molecule has 2 N–H and O–H groups in total. The summed E-state index contributed by atoms with van der Waals surface area (Å²) in [5.41, 5.74) is 1.91. The molecule has 1 aliphatic heterocycles. The summed E-state index contributed by atoms with van der Waals surface area (Å²) in [7, 11) is 0. The zero-order chi connectivity index (χ0) is 14.7. The van der Waals surface area contributed by atoms with Crippen LogP contribution in [0.5, 0.6) is 0 Å². The molecule has 5 heteroatoms. The first-order valence-electron chi connectivity index (χ1n) is 7.59. The summed E-state index contributed by atoms with van der Waals surface area (Å²) in [6.07, 6.45) is 4.21. The molecule has 1 aromatic rings. The van der Waals surface area contributed by atoms with Crippen molar-refractivity contribution in [2.75, 3.05) is 18.5 Å². The van der Waals surface area contributed by atoms with Crippen molar-refractivity contribution in [1.82, 2.24) is 5.32 Å². The second-order valence-electron chi connectivity index (χ2n) is 5.87. The highest BCUT2D eigenvalue weighted by Gasteiger charge is 2.43. The molecule has 1 spiro atoms. The lowest BCUT2D eigenvalue weighted by Crippen LogP contribution is -2.37. The molecule has 1 atom stereocenters. The summed E-state index contributed by atoms with van der Waals surface area (Å²) < 4.78 is 11.8. The number of urea groups is 1. The summed E-state index contributed by atoms with van der Waals surface area (Å²) in [5.74, 6) is -0.362. The van der Waals surface area contributed by atoms with Crippen LogP contribution in [0.15, 0.2) is 24.3 Å². The number of nitrogens with one attached hydrogen (secondary N) is 2.